The molecular weight excluding hydrogens is 358 g/mol. The molecule has 0 fully saturated rings. The Balaban J connectivity index is 1.76. The van der Waals surface area contributed by atoms with E-state index in [0.717, 1.165) is 34.9 Å². The Bertz CT molecular complexity index is 944. The highest BCUT2D eigenvalue weighted by Crippen LogP contribution is 2.17. The number of rotatable bonds is 7. The molecule has 0 N–H and O–H groups in total. The van der Waals surface area contributed by atoms with Crippen LogP contribution in [0.5, 0.6) is 0 Å². The molecular formula is C23H22F2N2O. The Morgan fingerprint density at radius 1 is 1.00 bits per heavy atom. The van der Waals surface area contributed by atoms with Crippen molar-refractivity contribution in [1.29, 1.82) is 0 Å². The minimum atomic E-state index is -0.504. The van der Waals surface area contributed by atoms with Crippen LogP contribution in [0.15, 0.2) is 67.0 Å². The van der Waals surface area contributed by atoms with Crippen LogP contribution in [0.4, 0.5) is 8.78 Å². The standard InChI is InChI=1S/C23H22F2N2O/c1-17-5-2-3-7-20(17)16-27(15-18-6-4-12-26-14-18)23(28)11-8-19-13-21(24)9-10-22(19)25/h2-7,9-10,12-14H,8,11,15-16H2,1H3. The van der Waals surface area contributed by atoms with Gasteiger partial charge in [-0.25, -0.2) is 8.78 Å². The fourth-order valence-corrected chi connectivity index (χ4v) is 3.07. The third-order valence-electron chi connectivity index (χ3n) is 4.69. The first-order chi connectivity index (χ1) is 13.5. The van der Waals surface area contributed by atoms with Gasteiger partial charge in [0.25, 0.3) is 0 Å². The van der Waals surface area contributed by atoms with Gasteiger partial charge in [0.1, 0.15) is 11.6 Å². The molecule has 3 nitrogen and oxygen atoms in total. The maximum absolute atomic E-state index is 13.9. The van der Waals surface area contributed by atoms with Gasteiger partial charge in [-0.3, -0.25) is 9.78 Å². The number of benzene rings is 2. The average Bonchev–Trinajstić information content (AvgIpc) is 2.70. The van der Waals surface area contributed by atoms with Crippen molar-refractivity contribution in [2.24, 2.45) is 0 Å². The van der Waals surface area contributed by atoms with Gasteiger partial charge in [-0.1, -0.05) is 30.3 Å². The molecule has 28 heavy (non-hydrogen) atoms. The monoisotopic (exact) mass is 380 g/mol. The Hall–Kier alpha value is -3.08. The molecule has 0 aliphatic heterocycles. The second-order valence-electron chi connectivity index (χ2n) is 6.77. The summed E-state index contributed by atoms with van der Waals surface area (Å²) in [6, 6.07) is 15.0. The lowest BCUT2D eigenvalue weighted by Gasteiger charge is -2.24. The van der Waals surface area contributed by atoms with Gasteiger partial charge in [0, 0.05) is 31.9 Å². The van der Waals surface area contributed by atoms with Crippen molar-refractivity contribution in [2.75, 3.05) is 0 Å². The van der Waals surface area contributed by atoms with Crippen LogP contribution in [0, 0.1) is 18.6 Å². The van der Waals surface area contributed by atoms with Crippen molar-refractivity contribution in [3.8, 4) is 0 Å². The predicted octanol–water partition coefficient (Wildman–Crippen LogP) is 4.83. The smallest absolute Gasteiger partial charge is 0.223 e. The van der Waals surface area contributed by atoms with Crippen molar-refractivity contribution < 1.29 is 13.6 Å². The largest absolute Gasteiger partial charge is 0.334 e. The number of halogens is 2. The molecule has 0 bridgehead atoms. The zero-order chi connectivity index (χ0) is 19.9. The molecule has 1 amide bonds. The minimum absolute atomic E-state index is 0.104. The van der Waals surface area contributed by atoms with Crippen molar-refractivity contribution in [3.05, 3.63) is 101 Å². The van der Waals surface area contributed by atoms with Gasteiger partial charge >= 0.3 is 0 Å². The molecule has 0 unspecified atom stereocenters. The van der Waals surface area contributed by atoms with Crippen LogP contribution in [0.2, 0.25) is 0 Å². The van der Waals surface area contributed by atoms with Crippen LogP contribution in [0.3, 0.4) is 0 Å². The van der Waals surface area contributed by atoms with Gasteiger partial charge in [0.2, 0.25) is 5.91 Å². The minimum Gasteiger partial charge on any atom is -0.334 e. The molecule has 0 atom stereocenters. The molecule has 0 spiro atoms. The summed E-state index contributed by atoms with van der Waals surface area (Å²) >= 11 is 0. The first kappa shape index (κ1) is 19.7. The number of hydrogen-bond acceptors (Lipinski definition) is 2. The Kier molecular flexibility index (Phi) is 6.48. The van der Waals surface area contributed by atoms with Gasteiger partial charge in [0.05, 0.1) is 0 Å². The lowest BCUT2D eigenvalue weighted by atomic mass is 10.1. The van der Waals surface area contributed by atoms with Crippen LogP contribution in [-0.4, -0.2) is 15.8 Å². The molecule has 1 aromatic heterocycles. The molecule has 0 radical (unpaired) electrons. The zero-order valence-corrected chi connectivity index (χ0v) is 15.7. The SMILES string of the molecule is Cc1ccccc1CN(Cc1cccnc1)C(=O)CCc1cc(F)ccc1F. The number of pyridine rings is 1. The first-order valence-corrected chi connectivity index (χ1v) is 9.18. The summed E-state index contributed by atoms with van der Waals surface area (Å²) in [6.45, 7) is 2.86. The zero-order valence-electron chi connectivity index (χ0n) is 15.7. The molecule has 3 aromatic rings. The van der Waals surface area contributed by atoms with Crippen molar-refractivity contribution in [1.82, 2.24) is 9.88 Å². The van der Waals surface area contributed by atoms with Crippen LogP contribution < -0.4 is 0 Å². The molecule has 0 saturated carbocycles. The number of amides is 1. The maximum Gasteiger partial charge on any atom is 0.223 e. The van der Waals surface area contributed by atoms with E-state index < -0.39 is 11.6 Å². The normalized spacial score (nSPS) is 10.7. The number of aromatic nitrogens is 1. The van der Waals surface area contributed by atoms with E-state index in [0.29, 0.717) is 13.1 Å². The molecule has 2 aromatic carbocycles. The fourth-order valence-electron chi connectivity index (χ4n) is 3.07. The second kappa shape index (κ2) is 9.22. The third kappa shape index (κ3) is 5.22. The van der Waals surface area contributed by atoms with Crippen LogP contribution >= 0.6 is 0 Å². The van der Waals surface area contributed by atoms with E-state index >= 15 is 0 Å². The van der Waals surface area contributed by atoms with E-state index in [9.17, 15) is 13.6 Å². The summed E-state index contributed by atoms with van der Waals surface area (Å²) in [5.41, 5.74) is 3.28. The van der Waals surface area contributed by atoms with Gasteiger partial charge in [0.15, 0.2) is 0 Å². The Morgan fingerprint density at radius 2 is 1.82 bits per heavy atom. The van der Waals surface area contributed by atoms with Crippen molar-refractivity contribution >= 4 is 5.91 Å². The number of aryl methyl sites for hydroxylation is 2. The van der Waals surface area contributed by atoms with Gasteiger partial charge in [-0.05, 0) is 59.9 Å². The highest BCUT2D eigenvalue weighted by Gasteiger charge is 2.17. The highest BCUT2D eigenvalue weighted by molar-refractivity contribution is 5.76. The summed E-state index contributed by atoms with van der Waals surface area (Å²) in [6.07, 6.45) is 3.67. The van der Waals surface area contributed by atoms with E-state index in [1.165, 1.54) is 0 Å². The van der Waals surface area contributed by atoms with Gasteiger partial charge in [-0.15, -0.1) is 0 Å². The molecule has 5 heteroatoms. The molecule has 1 heterocycles. The van der Waals surface area contributed by atoms with Gasteiger partial charge in [-0.2, -0.15) is 0 Å². The third-order valence-corrected chi connectivity index (χ3v) is 4.69. The Morgan fingerprint density at radius 3 is 2.57 bits per heavy atom. The number of hydrogen-bond donors (Lipinski definition) is 0. The van der Waals surface area contributed by atoms with E-state index in [-0.39, 0.29) is 24.3 Å². The van der Waals surface area contributed by atoms with Crippen LogP contribution in [0.1, 0.15) is 28.7 Å². The van der Waals surface area contributed by atoms with Crippen LogP contribution in [-0.2, 0) is 24.3 Å². The average molecular weight is 380 g/mol. The lowest BCUT2D eigenvalue weighted by Crippen LogP contribution is -2.30. The van der Waals surface area contributed by atoms with E-state index in [2.05, 4.69) is 4.98 Å². The van der Waals surface area contributed by atoms with E-state index in [1.54, 1.807) is 17.3 Å². The summed E-state index contributed by atoms with van der Waals surface area (Å²) in [7, 11) is 0. The van der Waals surface area contributed by atoms with Crippen molar-refractivity contribution in [3.63, 3.8) is 0 Å². The number of carbonyl (C=O) groups is 1. The quantitative estimate of drug-likeness (QED) is 0.588. The van der Waals surface area contributed by atoms with Crippen molar-refractivity contribution in [2.45, 2.75) is 32.9 Å². The number of carbonyl (C=O) groups excluding carboxylic acids is 1. The predicted molar refractivity (Wildman–Crippen MR) is 104 cm³/mol. The first-order valence-electron chi connectivity index (χ1n) is 9.18. The summed E-state index contributed by atoms with van der Waals surface area (Å²) in [5.74, 6) is -1.11. The highest BCUT2D eigenvalue weighted by atomic mass is 19.1. The maximum atomic E-state index is 13.9. The Labute approximate surface area is 163 Å². The summed E-state index contributed by atoms with van der Waals surface area (Å²) in [5, 5.41) is 0. The van der Waals surface area contributed by atoms with E-state index in [1.807, 2.05) is 43.3 Å². The summed E-state index contributed by atoms with van der Waals surface area (Å²) < 4.78 is 27.2. The summed E-state index contributed by atoms with van der Waals surface area (Å²) in [4.78, 5) is 18.8. The van der Waals surface area contributed by atoms with Gasteiger partial charge < -0.3 is 4.90 Å². The molecule has 0 aliphatic rings. The van der Waals surface area contributed by atoms with E-state index in [4.69, 9.17) is 0 Å². The molecule has 0 aliphatic carbocycles. The molecule has 0 saturated heterocycles. The number of nitrogens with zero attached hydrogens (tertiary/aromatic N) is 2. The topological polar surface area (TPSA) is 33.2 Å². The lowest BCUT2D eigenvalue weighted by molar-refractivity contribution is -0.132. The molecule has 3 rings (SSSR count). The second-order valence-corrected chi connectivity index (χ2v) is 6.77. The van der Waals surface area contributed by atoms with Crippen LogP contribution in [0.25, 0.3) is 0 Å². The fraction of sp³-hybridized carbons (Fsp3) is 0.217. The molecule has 144 valence electrons.